The van der Waals surface area contributed by atoms with Crippen molar-refractivity contribution >= 4 is 5.78 Å². The summed E-state index contributed by atoms with van der Waals surface area (Å²) in [5.74, 6) is 0.738. The topological polar surface area (TPSA) is 42.9 Å². The highest BCUT2D eigenvalue weighted by atomic mass is 16.1. The number of aromatic nitrogens is 2. The van der Waals surface area contributed by atoms with Crippen LogP contribution < -0.4 is 0 Å². The van der Waals surface area contributed by atoms with Crippen LogP contribution in [0.2, 0.25) is 0 Å². The highest BCUT2D eigenvalue weighted by Crippen LogP contribution is 2.28. The second-order valence-electron chi connectivity index (χ2n) is 3.86. The van der Waals surface area contributed by atoms with Crippen molar-refractivity contribution in [2.24, 2.45) is 0 Å². The standard InChI is InChI=1S/C11H14N2O/c14-11-4-2-1-3-9(5-11)10-6-12-8-13-7-10/h6-9H,1-5H2. The van der Waals surface area contributed by atoms with Crippen LogP contribution in [0.25, 0.3) is 0 Å². The van der Waals surface area contributed by atoms with Crippen LogP contribution in [-0.2, 0) is 4.79 Å². The first-order chi connectivity index (χ1) is 6.86. The lowest BCUT2D eigenvalue weighted by Crippen LogP contribution is -2.04. The van der Waals surface area contributed by atoms with Crippen molar-refractivity contribution in [2.45, 2.75) is 38.0 Å². The lowest BCUT2D eigenvalue weighted by Gasteiger charge is -2.11. The van der Waals surface area contributed by atoms with Crippen LogP contribution in [0.4, 0.5) is 0 Å². The highest BCUT2D eigenvalue weighted by Gasteiger charge is 2.19. The molecular weight excluding hydrogens is 176 g/mol. The normalized spacial score (nSPS) is 23.1. The van der Waals surface area contributed by atoms with E-state index in [-0.39, 0.29) is 0 Å². The fourth-order valence-electron chi connectivity index (χ4n) is 2.00. The van der Waals surface area contributed by atoms with Crippen molar-refractivity contribution in [2.75, 3.05) is 0 Å². The summed E-state index contributed by atoms with van der Waals surface area (Å²) in [5.41, 5.74) is 1.11. The minimum absolute atomic E-state index is 0.353. The van der Waals surface area contributed by atoms with Gasteiger partial charge in [-0.15, -0.1) is 0 Å². The number of Topliss-reactive ketones (excluding diaryl/α,β-unsaturated/α-hetero) is 1. The van der Waals surface area contributed by atoms with E-state index >= 15 is 0 Å². The van der Waals surface area contributed by atoms with Gasteiger partial charge in [-0.1, -0.05) is 6.42 Å². The number of ketones is 1. The Kier molecular flexibility index (Phi) is 2.87. The molecule has 14 heavy (non-hydrogen) atoms. The SMILES string of the molecule is O=C1CCCCC(c2cncnc2)C1. The summed E-state index contributed by atoms with van der Waals surface area (Å²) in [7, 11) is 0. The van der Waals surface area contributed by atoms with Crippen molar-refractivity contribution in [1.29, 1.82) is 0 Å². The zero-order valence-corrected chi connectivity index (χ0v) is 8.15. The molecule has 1 aliphatic rings. The molecule has 0 amide bonds. The largest absolute Gasteiger partial charge is 0.300 e. The van der Waals surface area contributed by atoms with Crippen LogP contribution in [-0.4, -0.2) is 15.8 Å². The van der Waals surface area contributed by atoms with E-state index in [1.54, 1.807) is 0 Å². The molecule has 1 fully saturated rings. The Labute approximate surface area is 83.6 Å². The second-order valence-corrected chi connectivity index (χ2v) is 3.86. The van der Waals surface area contributed by atoms with Crippen molar-refractivity contribution in [3.63, 3.8) is 0 Å². The minimum Gasteiger partial charge on any atom is -0.300 e. The zero-order chi connectivity index (χ0) is 9.80. The summed E-state index contributed by atoms with van der Waals surface area (Å²) in [6.45, 7) is 0. The molecule has 0 radical (unpaired) electrons. The Morgan fingerprint density at radius 1 is 1.21 bits per heavy atom. The molecule has 1 saturated carbocycles. The van der Waals surface area contributed by atoms with E-state index in [1.165, 1.54) is 6.33 Å². The monoisotopic (exact) mass is 190 g/mol. The van der Waals surface area contributed by atoms with Gasteiger partial charge in [0.2, 0.25) is 0 Å². The quantitative estimate of drug-likeness (QED) is 0.637. The molecule has 1 unspecified atom stereocenters. The molecule has 0 aromatic carbocycles. The van der Waals surface area contributed by atoms with Gasteiger partial charge < -0.3 is 0 Å². The molecule has 1 atom stereocenters. The first-order valence-corrected chi connectivity index (χ1v) is 5.13. The molecule has 0 aliphatic heterocycles. The fraction of sp³-hybridized carbons (Fsp3) is 0.545. The number of hydrogen-bond acceptors (Lipinski definition) is 3. The van der Waals surface area contributed by atoms with Crippen LogP contribution in [0.5, 0.6) is 0 Å². The van der Waals surface area contributed by atoms with Gasteiger partial charge in [0.05, 0.1) is 0 Å². The maximum atomic E-state index is 11.4. The van der Waals surface area contributed by atoms with Crippen LogP contribution in [0.3, 0.4) is 0 Å². The number of rotatable bonds is 1. The molecule has 1 aliphatic carbocycles. The molecule has 0 spiro atoms. The average molecular weight is 190 g/mol. The van der Waals surface area contributed by atoms with Gasteiger partial charge in [0, 0.05) is 25.2 Å². The number of hydrogen-bond donors (Lipinski definition) is 0. The van der Waals surface area contributed by atoms with Gasteiger partial charge in [-0.25, -0.2) is 9.97 Å². The molecule has 2 rings (SSSR count). The molecule has 1 heterocycles. The summed E-state index contributed by atoms with van der Waals surface area (Å²) in [6, 6.07) is 0. The maximum absolute atomic E-state index is 11.4. The van der Waals surface area contributed by atoms with Gasteiger partial charge in [-0.2, -0.15) is 0 Å². The molecule has 0 bridgehead atoms. The van der Waals surface area contributed by atoms with E-state index in [2.05, 4.69) is 9.97 Å². The summed E-state index contributed by atoms with van der Waals surface area (Å²) in [6.07, 6.45) is 9.90. The Balaban J connectivity index is 2.13. The van der Waals surface area contributed by atoms with E-state index in [0.29, 0.717) is 18.1 Å². The van der Waals surface area contributed by atoms with Gasteiger partial charge in [-0.3, -0.25) is 4.79 Å². The highest BCUT2D eigenvalue weighted by molar-refractivity contribution is 5.79. The van der Waals surface area contributed by atoms with Crippen molar-refractivity contribution in [1.82, 2.24) is 9.97 Å². The van der Waals surface area contributed by atoms with Crippen LogP contribution in [0.1, 0.15) is 43.6 Å². The van der Waals surface area contributed by atoms with Gasteiger partial charge in [0.15, 0.2) is 0 Å². The lowest BCUT2D eigenvalue weighted by molar-refractivity contribution is -0.119. The molecule has 74 valence electrons. The van der Waals surface area contributed by atoms with Gasteiger partial charge in [0.1, 0.15) is 12.1 Å². The van der Waals surface area contributed by atoms with Gasteiger partial charge >= 0.3 is 0 Å². The van der Waals surface area contributed by atoms with Crippen molar-refractivity contribution < 1.29 is 4.79 Å². The van der Waals surface area contributed by atoms with E-state index in [4.69, 9.17) is 0 Å². The summed E-state index contributed by atoms with van der Waals surface area (Å²) in [5, 5.41) is 0. The van der Waals surface area contributed by atoms with Crippen LogP contribution >= 0.6 is 0 Å². The fourth-order valence-corrected chi connectivity index (χ4v) is 2.00. The van der Waals surface area contributed by atoms with E-state index in [9.17, 15) is 4.79 Å². The second kappa shape index (κ2) is 4.31. The predicted octanol–water partition coefficient (Wildman–Crippen LogP) is 2.09. The van der Waals surface area contributed by atoms with Crippen LogP contribution in [0.15, 0.2) is 18.7 Å². The third kappa shape index (κ3) is 2.16. The van der Waals surface area contributed by atoms with E-state index in [0.717, 1.165) is 31.2 Å². The molecular formula is C11H14N2O. The third-order valence-electron chi connectivity index (χ3n) is 2.78. The van der Waals surface area contributed by atoms with Gasteiger partial charge in [0.25, 0.3) is 0 Å². The Bertz CT molecular complexity index is 310. The Hall–Kier alpha value is -1.25. The third-order valence-corrected chi connectivity index (χ3v) is 2.78. The van der Waals surface area contributed by atoms with E-state index < -0.39 is 0 Å². The van der Waals surface area contributed by atoms with Crippen molar-refractivity contribution in [3.8, 4) is 0 Å². The van der Waals surface area contributed by atoms with Crippen LogP contribution in [0, 0.1) is 0 Å². The Morgan fingerprint density at radius 3 is 2.79 bits per heavy atom. The van der Waals surface area contributed by atoms with Crippen molar-refractivity contribution in [3.05, 3.63) is 24.3 Å². The number of carbonyl (C=O) groups excluding carboxylic acids is 1. The average Bonchev–Trinajstić information content (AvgIpc) is 2.44. The summed E-state index contributed by atoms with van der Waals surface area (Å²) < 4.78 is 0. The molecule has 0 saturated heterocycles. The molecule has 3 heteroatoms. The Morgan fingerprint density at radius 2 is 2.00 bits per heavy atom. The predicted molar refractivity (Wildman–Crippen MR) is 52.9 cm³/mol. The smallest absolute Gasteiger partial charge is 0.133 e. The number of carbonyl (C=O) groups is 1. The summed E-state index contributed by atoms with van der Waals surface area (Å²) >= 11 is 0. The summed E-state index contributed by atoms with van der Waals surface area (Å²) in [4.78, 5) is 19.4. The number of nitrogens with zero attached hydrogens (tertiary/aromatic N) is 2. The minimum atomic E-state index is 0.353. The molecule has 0 N–H and O–H groups in total. The molecule has 1 aromatic rings. The maximum Gasteiger partial charge on any atom is 0.133 e. The lowest BCUT2D eigenvalue weighted by atomic mass is 9.94. The molecule has 3 nitrogen and oxygen atoms in total. The first-order valence-electron chi connectivity index (χ1n) is 5.13. The van der Waals surface area contributed by atoms with Gasteiger partial charge in [-0.05, 0) is 24.3 Å². The zero-order valence-electron chi connectivity index (χ0n) is 8.15. The molecule has 1 aromatic heterocycles. The van der Waals surface area contributed by atoms with E-state index in [1.807, 2.05) is 12.4 Å². The first kappa shape index (κ1) is 9.31.